The molecule has 16 heavy (non-hydrogen) atoms. The van der Waals surface area contributed by atoms with Gasteiger partial charge in [0, 0.05) is 11.8 Å². The van der Waals surface area contributed by atoms with Crippen LogP contribution < -0.4 is 0 Å². The number of aromatic nitrogens is 1. The van der Waals surface area contributed by atoms with Crippen LogP contribution in [0.5, 0.6) is 0 Å². The molecule has 0 radical (unpaired) electrons. The molecule has 0 aliphatic heterocycles. The molecule has 2 aromatic rings. The zero-order valence-corrected chi connectivity index (χ0v) is 8.42. The molecule has 0 bridgehead atoms. The van der Waals surface area contributed by atoms with Crippen molar-refractivity contribution in [3.05, 3.63) is 65.5 Å². The number of hydrogen-bond donors (Lipinski definition) is 0. The van der Waals surface area contributed by atoms with E-state index in [0.717, 1.165) is 0 Å². The summed E-state index contributed by atoms with van der Waals surface area (Å²) >= 11 is 0. The summed E-state index contributed by atoms with van der Waals surface area (Å²) in [5.41, 5.74) is 1.31. The molecule has 0 saturated carbocycles. The third kappa shape index (κ3) is 1.96. The molecule has 1 aromatic carbocycles. The van der Waals surface area contributed by atoms with Crippen LogP contribution >= 0.6 is 0 Å². The molecule has 0 aliphatic rings. The van der Waals surface area contributed by atoms with Gasteiger partial charge in [-0.3, -0.25) is 9.78 Å². The van der Waals surface area contributed by atoms with Gasteiger partial charge in [0.25, 0.3) is 0 Å². The first kappa shape index (κ1) is 10.1. The molecule has 1 heterocycles. The maximum atomic E-state index is 11.9. The van der Waals surface area contributed by atoms with Crippen molar-refractivity contribution in [1.29, 1.82) is 5.26 Å². The molecular formula is C13H8N2O. The quantitative estimate of drug-likeness (QED) is 0.711. The van der Waals surface area contributed by atoms with Gasteiger partial charge in [-0.1, -0.05) is 30.3 Å². The van der Waals surface area contributed by atoms with Gasteiger partial charge in [0.1, 0.15) is 5.69 Å². The number of nitrogens with zero attached hydrogens (tertiary/aromatic N) is 2. The van der Waals surface area contributed by atoms with Gasteiger partial charge in [0.15, 0.2) is 0 Å². The van der Waals surface area contributed by atoms with Crippen LogP contribution in [0.1, 0.15) is 21.6 Å². The molecule has 0 amide bonds. The molecule has 2 rings (SSSR count). The van der Waals surface area contributed by atoms with Crippen LogP contribution in [-0.4, -0.2) is 10.8 Å². The predicted molar refractivity (Wildman–Crippen MR) is 58.8 cm³/mol. The molecule has 1 aromatic heterocycles. The number of nitriles is 1. The van der Waals surface area contributed by atoms with E-state index in [2.05, 4.69) is 4.98 Å². The molecular weight excluding hydrogens is 200 g/mol. The summed E-state index contributed by atoms with van der Waals surface area (Å²) in [6, 6.07) is 13.9. The minimum absolute atomic E-state index is 0.169. The Morgan fingerprint density at radius 3 is 2.62 bits per heavy atom. The van der Waals surface area contributed by atoms with Gasteiger partial charge in [-0.25, -0.2) is 0 Å². The van der Waals surface area contributed by atoms with Crippen molar-refractivity contribution in [2.45, 2.75) is 0 Å². The van der Waals surface area contributed by atoms with Crippen LogP contribution in [0.4, 0.5) is 0 Å². The monoisotopic (exact) mass is 208 g/mol. The Kier molecular flexibility index (Phi) is 2.75. The third-order valence-corrected chi connectivity index (χ3v) is 2.16. The summed E-state index contributed by atoms with van der Waals surface area (Å²) in [6.45, 7) is 0. The van der Waals surface area contributed by atoms with E-state index in [0.29, 0.717) is 16.8 Å². The van der Waals surface area contributed by atoms with Gasteiger partial charge in [-0.05, 0) is 12.1 Å². The standard InChI is InChI=1S/C13H8N2O/c14-9-10-6-7-15-12(8-10)13(16)11-4-2-1-3-5-11/h1-8H. The summed E-state index contributed by atoms with van der Waals surface area (Å²) in [7, 11) is 0. The Labute approximate surface area is 93.0 Å². The maximum absolute atomic E-state index is 11.9. The molecule has 0 saturated heterocycles. The van der Waals surface area contributed by atoms with Crippen molar-refractivity contribution in [2.24, 2.45) is 0 Å². The molecule has 3 heteroatoms. The molecule has 0 spiro atoms. The highest BCUT2D eigenvalue weighted by Gasteiger charge is 2.09. The van der Waals surface area contributed by atoms with E-state index in [4.69, 9.17) is 5.26 Å². The van der Waals surface area contributed by atoms with Gasteiger partial charge in [-0.2, -0.15) is 5.26 Å². The lowest BCUT2D eigenvalue weighted by Crippen LogP contribution is -2.03. The average molecular weight is 208 g/mol. The normalized spacial score (nSPS) is 9.44. The first-order chi connectivity index (χ1) is 7.81. The fourth-order valence-corrected chi connectivity index (χ4v) is 1.36. The fourth-order valence-electron chi connectivity index (χ4n) is 1.36. The molecule has 0 N–H and O–H groups in total. The lowest BCUT2D eigenvalue weighted by molar-refractivity contribution is 0.103. The Balaban J connectivity index is 2.39. The maximum Gasteiger partial charge on any atom is 0.211 e. The second kappa shape index (κ2) is 4.37. The van der Waals surface area contributed by atoms with Crippen molar-refractivity contribution in [3.8, 4) is 6.07 Å². The molecule has 76 valence electrons. The van der Waals surface area contributed by atoms with E-state index in [1.54, 1.807) is 30.3 Å². The topological polar surface area (TPSA) is 53.8 Å². The Morgan fingerprint density at radius 1 is 1.19 bits per heavy atom. The Morgan fingerprint density at radius 2 is 1.94 bits per heavy atom. The van der Waals surface area contributed by atoms with Crippen LogP contribution in [0.2, 0.25) is 0 Å². The third-order valence-electron chi connectivity index (χ3n) is 2.16. The second-order valence-corrected chi connectivity index (χ2v) is 3.24. The summed E-state index contributed by atoms with van der Waals surface area (Å²) in [4.78, 5) is 15.9. The van der Waals surface area contributed by atoms with E-state index in [1.165, 1.54) is 12.3 Å². The predicted octanol–water partition coefficient (Wildman–Crippen LogP) is 2.18. The molecule has 0 atom stereocenters. The van der Waals surface area contributed by atoms with Crippen LogP contribution in [0.15, 0.2) is 48.7 Å². The number of benzene rings is 1. The van der Waals surface area contributed by atoms with E-state index in [-0.39, 0.29) is 5.78 Å². The number of pyridine rings is 1. The average Bonchev–Trinajstić information content (AvgIpc) is 2.39. The zero-order valence-electron chi connectivity index (χ0n) is 8.42. The van der Waals surface area contributed by atoms with Crippen LogP contribution in [0.3, 0.4) is 0 Å². The summed E-state index contributed by atoms with van der Waals surface area (Å²) < 4.78 is 0. The van der Waals surface area contributed by atoms with Gasteiger partial charge < -0.3 is 0 Å². The summed E-state index contributed by atoms with van der Waals surface area (Å²) in [5.74, 6) is -0.169. The summed E-state index contributed by atoms with van der Waals surface area (Å²) in [5, 5.41) is 8.73. The lowest BCUT2D eigenvalue weighted by atomic mass is 10.1. The van der Waals surface area contributed by atoms with E-state index >= 15 is 0 Å². The zero-order chi connectivity index (χ0) is 11.4. The minimum atomic E-state index is -0.169. The van der Waals surface area contributed by atoms with Gasteiger partial charge >= 0.3 is 0 Å². The first-order valence-corrected chi connectivity index (χ1v) is 4.77. The van der Waals surface area contributed by atoms with Gasteiger partial charge in [0.05, 0.1) is 11.6 Å². The number of ketones is 1. The first-order valence-electron chi connectivity index (χ1n) is 4.77. The molecule has 3 nitrogen and oxygen atoms in total. The van der Waals surface area contributed by atoms with Crippen molar-refractivity contribution in [2.75, 3.05) is 0 Å². The van der Waals surface area contributed by atoms with Crippen molar-refractivity contribution in [1.82, 2.24) is 4.98 Å². The van der Waals surface area contributed by atoms with Crippen LogP contribution in [0, 0.1) is 11.3 Å². The second-order valence-electron chi connectivity index (χ2n) is 3.24. The van der Waals surface area contributed by atoms with Crippen LogP contribution in [0.25, 0.3) is 0 Å². The largest absolute Gasteiger partial charge is 0.287 e. The highest BCUT2D eigenvalue weighted by atomic mass is 16.1. The fraction of sp³-hybridized carbons (Fsp3) is 0. The highest BCUT2D eigenvalue weighted by Crippen LogP contribution is 2.08. The van der Waals surface area contributed by atoms with Gasteiger partial charge in [-0.15, -0.1) is 0 Å². The molecule has 0 unspecified atom stereocenters. The Bertz CT molecular complexity index is 556. The Hall–Kier alpha value is -2.47. The van der Waals surface area contributed by atoms with Crippen molar-refractivity contribution < 1.29 is 4.79 Å². The van der Waals surface area contributed by atoms with Gasteiger partial charge in [0.2, 0.25) is 5.78 Å². The number of carbonyl (C=O) groups excluding carboxylic acids is 1. The van der Waals surface area contributed by atoms with E-state index < -0.39 is 0 Å². The SMILES string of the molecule is N#Cc1ccnc(C(=O)c2ccccc2)c1. The molecule has 0 aliphatic carbocycles. The number of rotatable bonds is 2. The van der Waals surface area contributed by atoms with E-state index in [1.807, 2.05) is 12.1 Å². The van der Waals surface area contributed by atoms with Crippen molar-refractivity contribution in [3.63, 3.8) is 0 Å². The summed E-state index contributed by atoms with van der Waals surface area (Å²) in [6.07, 6.45) is 1.47. The smallest absolute Gasteiger partial charge is 0.211 e. The lowest BCUT2D eigenvalue weighted by Gasteiger charge is -1.99. The van der Waals surface area contributed by atoms with Crippen LogP contribution in [-0.2, 0) is 0 Å². The number of hydrogen-bond acceptors (Lipinski definition) is 3. The minimum Gasteiger partial charge on any atom is -0.287 e. The highest BCUT2D eigenvalue weighted by molar-refractivity contribution is 6.07. The van der Waals surface area contributed by atoms with E-state index in [9.17, 15) is 4.79 Å². The number of carbonyl (C=O) groups is 1. The molecule has 0 fully saturated rings. The van der Waals surface area contributed by atoms with Crippen molar-refractivity contribution >= 4 is 5.78 Å².